The summed E-state index contributed by atoms with van der Waals surface area (Å²) in [5.41, 5.74) is 2.87. The fourth-order valence-corrected chi connectivity index (χ4v) is 2.11. The third-order valence-electron chi connectivity index (χ3n) is 3.76. The number of H-pyrrole nitrogens is 1. The van der Waals surface area contributed by atoms with Gasteiger partial charge in [-0.15, -0.1) is 0 Å². The van der Waals surface area contributed by atoms with Gasteiger partial charge in [0, 0.05) is 23.9 Å². The number of nitrogens with one attached hydrogen (secondary N) is 2. The Labute approximate surface area is 112 Å². The third kappa shape index (κ3) is 2.52. The first kappa shape index (κ1) is 12.0. The molecule has 1 aromatic heterocycles. The molecule has 0 radical (unpaired) electrons. The Kier molecular flexibility index (Phi) is 2.85. The van der Waals surface area contributed by atoms with Crippen LogP contribution in [0, 0.1) is 5.41 Å². The lowest BCUT2D eigenvalue weighted by molar-refractivity contribution is 0.0947. The average Bonchev–Trinajstić information content (AvgIpc) is 2.95. The van der Waals surface area contributed by atoms with E-state index in [2.05, 4.69) is 22.4 Å². The first-order chi connectivity index (χ1) is 9.18. The summed E-state index contributed by atoms with van der Waals surface area (Å²) in [5, 5.41) is 9.75. The maximum Gasteiger partial charge on any atom is 0.251 e. The smallest absolute Gasteiger partial charge is 0.251 e. The molecule has 1 aliphatic rings. The van der Waals surface area contributed by atoms with Crippen molar-refractivity contribution in [3.63, 3.8) is 0 Å². The largest absolute Gasteiger partial charge is 0.351 e. The molecule has 1 amide bonds. The van der Waals surface area contributed by atoms with Gasteiger partial charge in [0.2, 0.25) is 0 Å². The van der Waals surface area contributed by atoms with Crippen molar-refractivity contribution < 1.29 is 4.79 Å². The van der Waals surface area contributed by atoms with Gasteiger partial charge in [-0.05, 0) is 29.9 Å². The second-order valence-corrected chi connectivity index (χ2v) is 5.53. The number of amides is 1. The van der Waals surface area contributed by atoms with E-state index in [4.69, 9.17) is 0 Å². The summed E-state index contributed by atoms with van der Waals surface area (Å²) >= 11 is 0. The van der Waals surface area contributed by atoms with E-state index < -0.39 is 0 Å². The molecule has 2 N–H and O–H groups in total. The minimum absolute atomic E-state index is 0.00933. The van der Waals surface area contributed by atoms with Crippen molar-refractivity contribution in [1.82, 2.24) is 15.5 Å². The van der Waals surface area contributed by atoms with Crippen LogP contribution in [-0.2, 0) is 0 Å². The molecular weight excluding hydrogens is 238 g/mol. The Hall–Kier alpha value is -2.10. The number of aromatic nitrogens is 2. The monoisotopic (exact) mass is 255 g/mol. The molecule has 0 atom stereocenters. The van der Waals surface area contributed by atoms with E-state index in [1.165, 1.54) is 12.8 Å². The first-order valence-corrected chi connectivity index (χ1v) is 6.54. The summed E-state index contributed by atoms with van der Waals surface area (Å²) in [4.78, 5) is 12.3. The maximum absolute atomic E-state index is 12.3. The number of carbonyl (C=O) groups excluding carboxylic acids is 1. The Bertz CT molecular complexity index is 585. The van der Waals surface area contributed by atoms with Crippen molar-refractivity contribution in [3.8, 4) is 11.1 Å². The molecular formula is C15H17N3O. The second kappa shape index (κ2) is 4.53. The number of aromatic amines is 1. The fourth-order valence-electron chi connectivity index (χ4n) is 2.11. The van der Waals surface area contributed by atoms with Crippen LogP contribution < -0.4 is 5.32 Å². The molecule has 1 aliphatic carbocycles. The van der Waals surface area contributed by atoms with Gasteiger partial charge in [0.25, 0.3) is 5.91 Å². The Morgan fingerprint density at radius 2 is 2.21 bits per heavy atom. The number of benzene rings is 1. The molecule has 3 rings (SSSR count). The number of nitrogens with zero attached hydrogens (tertiary/aromatic N) is 1. The summed E-state index contributed by atoms with van der Waals surface area (Å²) in [6.07, 6.45) is 5.94. The van der Waals surface area contributed by atoms with Gasteiger partial charge < -0.3 is 5.32 Å². The van der Waals surface area contributed by atoms with Gasteiger partial charge in [0.05, 0.1) is 6.20 Å². The van der Waals surface area contributed by atoms with Gasteiger partial charge in [0.1, 0.15) is 0 Å². The van der Waals surface area contributed by atoms with Crippen molar-refractivity contribution in [2.24, 2.45) is 5.41 Å². The molecule has 1 aromatic carbocycles. The van der Waals surface area contributed by atoms with Crippen LogP contribution in [0.5, 0.6) is 0 Å². The zero-order valence-corrected chi connectivity index (χ0v) is 10.9. The highest BCUT2D eigenvalue weighted by atomic mass is 16.1. The Morgan fingerprint density at radius 3 is 2.89 bits per heavy atom. The van der Waals surface area contributed by atoms with Crippen LogP contribution in [0.1, 0.15) is 30.1 Å². The van der Waals surface area contributed by atoms with Crippen LogP contribution in [0.3, 0.4) is 0 Å². The summed E-state index contributed by atoms with van der Waals surface area (Å²) in [5.74, 6) is -0.00933. The normalized spacial score (nSPS) is 16.1. The van der Waals surface area contributed by atoms with E-state index in [1.54, 1.807) is 12.4 Å². The third-order valence-corrected chi connectivity index (χ3v) is 3.76. The predicted octanol–water partition coefficient (Wildman–Crippen LogP) is 2.61. The molecule has 1 saturated carbocycles. The van der Waals surface area contributed by atoms with Crippen LogP contribution in [-0.4, -0.2) is 22.6 Å². The number of carbonyl (C=O) groups is 1. The standard InChI is InChI=1S/C15H17N3O/c1-15(6-7-15)10-16-14(19)13-5-3-2-4-12(13)11-8-17-18-9-11/h2-5,8-9H,6-7,10H2,1H3,(H,16,19)(H,17,18). The molecule has 19 heavy (non-hydrogen) atoms. The number of hydrogen-bond donors (Lipinski definition) is 2. The lowest BCUT2D eigenvalue weighted by Gasteiger charge is -2.12. The first-order valence-electron chi connectivity index (χ1n) is 6.54. The molecule has 0 spiro atoms. The van der Waals surface area contributed by atoms with E-state index >= 15 is 0 Å². The van der Waals surface area contributed by atoms with Crippen molar-refractivity contribution in [2.75, 3.05) is 6.54 Å². The summed E-state index contributed by atoms with van der Waals surface area (Å²) < 4.78 is 0. The minimum atomic E-state index is -0.00933. The van der Waals surface area contributed by atoms with Crippen LogP contribution in [0.15, 0.2) is 36.7 Å². The van der Waals surface area contributed by atoms with Gasteiger partial charge in [-0.2, -0.15) is 5.10 Å². The van der Waals surface area contributed by atoms with Gasteiger partial charge >= 0.3 is 0 Å². The average molecular weight is 255 g/mol. The summed E-state index contributed by atoms with van der Waals surface area (Å²) in [6, 6.07) is 7.62. The van der Waals surface area contributed by atoms with E-state index in [-0.39, 0.29) is 5.91 Å². The molecule has 4 heteroatoms. The highest BCUT2D eigenvalue weighted by Gasteiger charge is 2.37. The quantitative estimate of drug-likeness (QED) is 0.882. The second-order valence-electron chi connectivity index (χ2n) is 5.53. The van der Waals surface area contributed by atoms with Crippen LogP contribution in [0.2, 0.25) is 0 Å². The zero-order valence-electron chi connectivity index (χ0n) is 10.9. The molecule has 0 aliphatic heterocycles. The molecule has 1 heterocycles. The van der Waals surface area contributed by atoms with Crippen LogP contribution >= 0.6 is 0 Å². The van der Waals surface area contributed by atoms with Gasteiger partial charge in [0.15, 0.2) is 0 Å². The van der Waals surface area contributed by atoms with Gasteiger partial charge in [-0.3, -0.25) is 9.89 Å². The summed E-state index contributed by atoms with van der Waals surface area (Å²) in [7, 11) is 0. The summed E-state index contributed by atoms with van der Waals surface area (Å²) in [6.45, 7) is 2.96. The van der Waals surface area contributed by atoms with Gasteiger partial charge in [-0.1, -0.05) is 25.1 Å². The van der Waals surface area contributed by atoms with Crippen LogP contribution in [0.4, 0.5) is 0 Å². The zero-order chi connectivity index (χ0) is 13.3. The lowest BCUT2D eigenvalue weighted by atomic mass is 10.0. The van der Waals surface area contributed by atoms with Crippen molar-refractivity contribution in [2.45, 2.75) is 19.8 Å². The molecule has 1 fully saturated rings. The Balaban J connectivity index is 1.81. The van der Waals surface area contributed by atoms with Crippen molar-refractivity contribution >= 4 is 5.91 Å². The lowest BCUT2D eigenvalue weighted by Crippen LogP contribution is -2.29. The molecule has 0 unspecified atom stereocenters. The molecule has 2 aromatic rings. The predicted molar refractivity (Wildman–Crippen MR) is 73.7 cm³/mol. The van der Waals surface area contributed by atoms with Crippen molar-refractivity contribution in [3.05, 3.63) is 42.2 Å². The number of hydrogen-bond acceptors (Lipinski definition) is 2. The topological polar surface area (TPSA) is 57.8 Å². The van der Waals surface area contributed by atoms with E-state index in [9.17, 15) is 4.79 Å². The Morgan fingerprint density at radius 1 is 1.42 bits per heavy atom. The van der Waals surface area contributed by atoms with Crippen molar-refractivity contribution in [1.29, 1.82) is 0 Å². The van der Waals surface area contributed by atoms with Gasteiger partial charge in [-0.25, -0.2) is 0 Å². The molecule has 98 valence electrons. The molecule has 4 nitrogen and oxygen atoms in total. The van der Waals surface area contributed by atoms with Crippen LogP contribution in [0.25, 0.3) is 11.1 Å². The van der Waals surface area contributed by atoms with E-state index in [0.717, 1.165) is 17.7 Å². The van der Waals surface area contributed by atoms with E-state index in [1.807, 2.05) is 24.3 Å². The fraction of sp³-hybridized carbons (Fsp3) is 0.333. The van der Waals surface area contributed by atoms with E-state index in [0.29, 0.717) is 11.0 Å². The molecule has 0 saturated heterocycles. The number of rotatable bonds is 4. The highest BCUT2D eigenvalue weighted by Crippen LogP contribution is 2.44. The maximum atomic E-state index is 12.3. The molecule has 0 bridgehead atoms. The minimum Gasteiger partial charge on any atom is -0.351 e. The highest BCUT2D eigenvalue weighted by molar-refractivity contribution is 6.00. The SMILES string of the molecule is CC1(CNC(=O)c2ccccc2-c2cn[nH]c2)CC1.